The van der Waals surface area contributed by atoms with Crippen molar-refractivity contribution >= 4 is 45.0 Å². The zero-order valence-electron chi connectivity index (χ0n) is 17.2. The number of para-hydroxylation sites is 1. The van der Waals surface area contributed by atoms with Gasteiger partial charge in [-0.1, -0.05) is 23.7 Å². The fraction of sp³-hybridized carbons (Fsp3) is 0.375. The average Bonchev–Trinajstić information content (AvgIpc) is 3.45. The molecule has 0 unspecified atom stereocenters. The summed E-state index contributed by atoms with van der Waals surface area (Å²) in [5.41, 5.74) is 1.65. The van der Waals surface area contributed by atoms with Gasteiger partial charge in [-0.3, -0.25) is 9.59 Å². The summed E-state index contributed by atoms with van der Waals surface area (Å²) in [7, 11) is 0. The van der Waals surface area contributed by atoms with Crippen LogP contribution in [0.15, 0.2) is 48.5 Å². The van der Waals surface area contributed by atoms with E-state index in [1.165, 1.54) is 4.70 Å². The van der Waals surface area contributed by atoms with E-state index in [9.17, 15) is 9.59 Å². The third-order valence-corrected chi connectivity index (χ3v) is 7.74. The van der Waals surface area contributed by atoms with Crippen LogP contribution in [0.4, 0.5) is 0 Å². The molecule has 1 atom stereocenters. The molecule has 0 spiro atoms. The molecule has 2 fully saturated rings. The summed E-state index contributed by atoms with van der Waals surface area (Å²) in [5.74, 6) is 0.209. The third-order valence-electron chi connectivity index (χ3n) is 6.35. The van der Waals surface area contributed by atoms with Gasteiger partial charge in [0.2, 0.25) is 5.91 Å². The topological polar surface area (TPSA) is 53.5 Å². The first-order valence-electron chi connectivity index (χ1n) is 10.8. The molecule has 5 nitrogen and oxygen atoms in total. The van der Waals surface area contributed by atoms with Crippen LogP contribution in [-0.4, -0.2) is 46.2 Å². The van der Waals surface area contributed by atoms with Gasteiger partial charge in [0.05, 0.1) is 16.3 Å². The molecule has 160 valence electrons. The highest BCUT2D eigenvalue weighted by molar-refractivity contribution is 7.18. The minimum Gasteiger partial charge on any atom is -0.339 e. The van der Waals surface area contributed by atoms with Crippen LogP contribution in [0.1, 0.15) is 47.1 Å². The van der Waals surface area contributed by atoms with E-state index in [0.717, 1.165) is 29.9 Å². The van der Waals surface area contributed by atoms with Gasteiger partial charge in [-0.15, -0.1) is 11.3 Å². The fourth-order valence-electron chi connectivity index (χ4n) is 4.66. The second-order valence-electron chi connectivity index (χ2n) is 8.28. The normalized spacial score (nSPS) is 19.8. The molecule has 2 aliphatic heterocycles. The van der Waals surface area contributed by atoms with Crippen molar-refractivity contribution in [3.8, 4) is 0 Å². The molecular weight excluding hydrogens is 430 g/mol. The number of benzene rings is 2. The van der Waals surface area contributed by atoms with Gasteiger partial charge >= 0.3 is 0 Å². The molecule has 2 aromatic carbocycles. The molecule has 31 heavy (non-hydrogen) atoms. The number of piperidine rings is 1. The van der Waals surface area contributed by atoms with Gasteiger partial charge in [-0.2, -0.15) is 0 Å². The maximum absolute atomic E-state index is 13.4. The Morgan fingerprint density at radius 1 is 0.968 bits per heavy atom. The van der Waals surface area contributed by atoms with E-state index in [0.29, 0.717) is 36.5 Å². The summed E-state index contributed by atoms with van der Waals surface area (Å²) >= 11 is 7.62. The van der Waals surface area contributed by atoms with E-state index < -0.39 is 0 Å². The van der Waals surface area contributed by atoms with Crippen LogP contribution in [0, 0.1) is 5.92 Å². The van der Waals surface area contributed by atoms with Crippen LogP contribution in [-0.2, 0) is 4.79 Å². The standard InChI is InChI=1S/C24H24ClN3O2S/c25-18-9-7-16(8-10-18)23(29)27-14-11-17(12-15-27)24(30)28-13-3-5-20(28)22-26-19-4-1-2-6-21(19)31-22/h1-2,4,6-10,17,20H,3,5,11-15H2/t20-/m1/s1. The van der Waals surface area contributed by atoms with Crippen molar-refractivity contribution in [3.05, 3.63) is 64.1 Å². The fourth-order valence-corrected chi connectivity index (χ4v) is 5.90. The Labute approximate surface area is 190 Å². The van der Waals surface area contributed by atoms with Crippen LogP contribution in [0.2, 0.25) is 5.02 Å². The number of hydrogen-bond donors (Lipinski definition) is 0. The average molecular weight is 454 g/mol. The number of thiazole rings is 1. The summed E-state index contributed by atoms with van der Waals surface area (Å²) in [4.78, 5) is 34.8. The number of halogens is 1. The Bertz CT molecular complexity index is 1070. The Morgan fingerprint density at radius 2 is 1.71 bits per heavy atom. The SMILES string of the molecule is O=C(c1ccc(Cl)cc1)N1CCC(C(=O)N2CCC[C@@H]2c2nc3ccccc3s2)CC1. The number of fused-ring (bicyclic) bond motifs is 1. The van der Waals surface area contributed by atoms with Crippen molar-refractivity contribution in [2.24, 2.45) is 5.92 Å². The number of aromatic nitrogens is 1. The zero-order valence-corrected chi connectivity index (χ0v) is 18.7. The highest BCUT2D eigenvalue weighted by Crippen LogP contribution is 2.38. The van der Waals surface area contributed by atoms with Crippen LogP contribution < -0.4 is 0 Å². The van der Waals surface area contributed by atoms with Crippen LogP contribution in [0.25, 0.3) is 10.2 Å². The first kappa shape index (κ1) is 20.5. The van der Waals surface area contributed by atoms with Gasteiger partial charge < -0.3 is 9.80 Å². The number of amides is 2. The summed E-state index contributed by atoms with van der Waals surface area (Å²) in [6, 6.07) is 15.2. The number of carbonyl (C=O) groups is 2. The minimum atomic E-state index is -0.0238. The Kier molecular flexibility index (Phi) is 5.67. The molecule has 2 saturated heterocycles. The maximum atomic E-state index is 13.4. The van der Waals surface area contributed by atoms with Gasteiger partial charge in [0.15, 0.2) is 0 Å². The van der Waals surface area contributed by atoms with E-state index in [1.54, 1.807) is 35.6 Å². The number of likely N-dealkylation sites (tertiary alicyclic amines) is 2. The molecule has 3 aromatic rings. The molecule has 1 aromatic heterocycles. The lowest BCUT2D eigenvalue weighted by molar-refractivity contribution is -0.137. The second kappa shape index (κ2) is 8.60. The number of nitrogens with zero attached hydrogens (tertiary/aromatic N) is 3. The van der Waals surface area contributed by atoms with Crippen molar-refractivity contribution < 1.29 is 9.59 Å². The van der Waals surface area contributed by atoms with E-state index in [2.05, 4.69) is 6.07 Å². The van der Waals surface area contributed by atoms with E-state index in [4.69, 9.17) is 16.6 Å². The number of hydrogen-bond acceptors (Lipinski definition) is 4. The molecule has 2 amide bonds. The Balaban J connectivity index is 1.24. The van der Waals surface area contributed by atoms with Crippen molar-refractivity contribution in [3.63, 3.8) is 0 Å². The number of rotatable bonds is 3. The molecule has 0 radical (unpaired) electrons. The third kappa shape index (κ3) is 4.06. The molecule has 7 heteroatoms. The van der Waals surface area contributed by atoms with E-state index in [-0.39, 0.29) is 23.8 Å². The summed E-state index contributed by atoms with van der Waals surface area (Å²) in [6.07, 6.45) is 3.40. The summed E-state index contributed by atoms with van der Waals surface area (Å²) < 4.78 is 1.17. The van der Waals surface area contributed by atoms with Crippen LogP contribution in [0.3, 0.4) is 0 Å². The Morgan fingerprint density at radius 3 is 2.45 bits per heavy atom. The van der Waals surface area contributed by atoms with Gasteiger partial charge in [-0.25, -0.2) is 4.98 Å². The largest absolute Gasteiger partial charge is 0.339 e. The lowest BCUT2D eigenvalue weighted by Crippen LogP contribution is -2.44. The highest BCUT2D eigenvalue weighted by atomic mass is 35.5. The molecule has 3 heterocycles. The van der Waals surface area contributed by atoms with Gasteiger partial charge in [0.25, 0.3) is 5.91 Å². The van der Waals surface area contributed by atoms with Crippen molar-refractivity contribution in [2.75, 3.05) is 19.6 Å². The monoisotopic (exact) mass is 453 g/mol. The lowest BCUT2D eigenvalue weighted by atomic mass is 9.94. The highest BCUT2D eigenvalue weighted by Gasteiger charge is 2.37. The van der Waals surface area contributed by atoms with Crippen LogP contribution in [0.5, 0.6) is 0 Å². The van der Waals surface area contributed by atoms with Gasteiger partial charge in [-0.05, 0) is 62.1 Å². The molecule has 0 saturated carbocycles. The van der Waals surface area contributed by atoms with E-state index >= 15 is 0 Å². The molecular formula is C24H24ClN3O2S. The molecule has 0 N–H and O–H groups in total. The van der Waals surface area contributed by atoms with Crippen molar-refractivity contribution in [2.45, 2.75) is 31.7 Å². The Hall–Kier alpha value is -2.44. The first-order valence-corrected chi connectivity index (χ1v) is 12.0. The van der Waals surface area contributed by atoms with Crippen molar-refractivity contribution in [1.82, 2.24) is 14.8 Å². The lowest BCUT2D eigenvalue weighted by Gasteiger charge is -2.34. The zero-order chi connectivity index (χ0) is 21.4. The first-order chi connectivity index (χ1) is 15.1. The van der Waals surface area contributed by atoms with Crippen LogP contribution >= 0.6 is 22.9 Å². The predicted molar refractivity (Wildman–Crippen MR) is 123 cm³/mol. The second-order valence-corrected chi connectivity index (χ2v) is 9.78. The van der Waals surface area contributed by atoms with E-state index in [1.807, 2.05) is 28.0 Å². The smallest absolute Gasteiger partial charge is 0.253 e. The molecule has 5 rings (SSSR count). The summed E-state index contributed by atoms with van der Waals surface area (Å²) in [6.45, 7) is 2.01. The summed E-state index contributed by atoms with van der Waals surface area (Å²) in [5, 5.41) is 1.66. The molecule has 0 bridgehead atoms. The predicted octanol–water partition coefficient (Wildman–Crippen LogP) is 5.17. The van der Waals surface area contributed by atoms with Gasteiger partial charge in [0.1, 0.15) is 5.01 Å². The number of carbonyl (C=O) groups excluding carboxylic acids is 2. The minimum absolute atomic E-state index is 0.0103. The maximum Gasteiger partial charge on any atom is 0.253 e. The van der Waals surface area contributed by atoms with Crippen molar-refractivity contribution in [1.29, 1.82) is 0 Å². The quantitative estimate of drug-likeness (QED) is 0.550. The van der Waals surface area contributed by atoms with Gasteiger partial charge in [0, 0.05) is 36.1 Å². The molecule has 0 aliphatic carbocycles. The molecule has 2 aliphatic rings.